The first-order chi connectivity index (χ1) is 12.7. The Kier molecular flexibility index (Phi) is 5.84. The van der Waals surface area contributed by atoms with Crippen molar-refractivity contribution in [2.24, 2.45) is 0 Å². The quantitative estimate of drug-likeness (QED) is 0.792. The molecule has 0 bridgehead atoms. The Morgan fingerprint density at radius 1 is 1.15 bits per heavy atom. The lowest BCUT2D eigenvalue weighted by atomic mass is 9.98. The maximum atomic E-state index is 13.7. The highest BCUT2D eigenvalue weighted by Crippen LogP contribution is 2.36. The lowest BCUT2D eigenvalue weighted by Gasteiger charge is -2.35. The van der Waals surface area contributed by atoms with Gasteiger partial charge in [0.25, 0.3) is 5.91 Å². The van der Waals surface area contributed by atoms with Crippen molar-refractivity contribution in [3.05, 3.63) is 17.0 Å². The summed E-state index contributed by atoms with van der Waals surface area (Å²) >= 11 is 0. The highest BCUT2D eigenvalue weighted by molar-refractivity contribution is 5.97. The third-order valence-corrected chi connectivity index (χ3v) is 6.03. The summed E-state index contributed by atoms with van der Waals surface area (Å²) in [6.45, 7) is 5.75. The van der Waals surface area contributed by atoms with Gasteiger partial charge in [-0.25, -0.2) is 0 Å². The molecule has 0 saturated carbocycles. The van der Waals surface area contributed by atoms with Gasteiger partial charge in [0.2, 0.25) is 0 Å². The van der Waals surface area contributed by atoms with Crippen molar-refractivity contribution in [3.63, 3.8) is 0 Å². The Morgan fingerprint density at radius 2 is 1.81 bits per heavy atom. The molecule has 1 atom stereocenters. The average molecular weight is 386 g/mol. The number of hydrogen-bond acceptors (Lipinski definition) is 3. The van der Waals surface area contributed by atoms with Crippen molar-refractivity contribution in [2.45, 2.75) is 70.6 Å². The fourth-order valence-corrected chi connectivity index (χ4v) is 4.40. The first-order valence-electron chi connectivity index (χ1n) is 9.89. The Morgan fingerprint density at radius 3 is 2.41 bits per heavy atom. The SMILES string of the molecule is CCC1CCCCN1C(=O)c1c(C(F)(F)F)nn(C2CCN(C)CC2)c1C. The van der Waals surface area contributed by atoms with Crippen LogP contribution in [-0.2, 0) is 6.18 Å². The minimum Gasteiger partial charge on any atom is -0.336 e. The third kappa shape index (κ3) is 4.00. The van der Waals surface area contributed by atoms with E-state index in [1.807, 2.05) is 14.0 Å². The molecule has 2 aliphatic heterocycles. The van der Waals surface area contributed by atoms with Gasteiger partial charge in [-0.2, -0.15) is 18.3 Å². The van der Waals surface area contributed by atoms with Crippen LogP contribution in [0.15, 0.2) is 0 Å². The second-order valence-corrected chi connectivity index (χ2v) is 7.84. The molecule has 8 heteroatoms. The summed E-state index contributed by atoms with van der Waals surface area (Å²) in [5.74, 6) is -0.509. The van der Waals surface area contributed by atoms with Crippen LogP contribution in [0.5, 0.6) is 0 Å². The number of piperidine rings is 2. The van der Waals surface area contributed by atoms with Crippen molar-refractivity contribution < 1.29 is 18.0 Å². The third-order valence-electron chi connectivity index (χ3n) is 6.03. The maximum Gasteiger partial charge on any atom is 0.435 e. The second-order valence-electron chi connectivity index (χ2n) is 7.84. The molecule has 1 unspecified atom stereocenters. The largest absolute Gasteiger partial charge is 0.435 e. The van der Waals surface area contributed by atoms with Crippen LogP contribution in [0.25, 0.3) is 0 Å². The lowest BCUT2D eigenvalue weighted by Crippen LogP contribution is -2.44. The second kappa shape index (κ2) is 7.81. The van der Waals surface area contributed by atoms with E-state index in [2.05, 4.69) is 10.00 Å². The summed E-state index contributed by atoms with van der Waals surface area (Å²) in [7, 11) is 2.00. The highest BCUT2D eigenvalue weighted by atomic mass is 19.4. The summed E-state index contributed by atoms with van der Waals surface area (Å²) in [6.07, 6.45) is 0.315. The van der Waals surface area contributed by atoms with Crippen LogP contribution < -0.4 is 0 Å². The van der Waals surface area contributed by atoms with Crippen LogP contribution in [0.4, 0.5) is 13.2 Å². The fourth-order valence-electron chi connectivity index (χ4n) is 4.40. The van der Waals surface area contributed by atoms with E-state index in [0.29, 0.717) is 12.2 Å². The number of likely N-dealkylation sites (tertiary alicyclic amines) is 2. The number of aromatic nitrogens is 2. The highest BCUT2D eigenvalue weighted by Gasteiger charge is 2.43. The molecule has 0 spiro atoms. The van der Waals surface area contributed by atoms with Gasteiger partial charge in [0.15, 0.2) is 5.69 Å². The van der Waals surface area contributed by atoms with Crippen molar-refractivity contribution in [2.75, 3.05) is 26.7 Å². The van der Waals surface area contributed by atoms with Crippen molar-refractivity contribution in [3.8, 4) is 0 Å². The van der Waals surface area contributed by atoms with E-state index in [1.165, 1.54) is 4.68 Å². The Balaban J connectivity index is 1.99. The topological polar surface area (TPSA) is 41.4 Å². The van der Waals surface area contributed by atoms with Gasteiger partial charge in [-0.3, -0.25) is 9.48 Å². The standard InChI is InChI=1S/C19H29F3N4O/c1-4-14-7-5-6-10-25(14)18(27)16-13(2)26(23-17(16)19(20,21)22)15-8-11-24(3)12-9-15/h14-15H,4-12H2,1-3H3. The predicted molar refractivity (Wildman–Crippen MR) is 96.7 cm³/mol. The van der Waals surface area contributed by atoms with Gasteiger partial charge in [-0.05, 0) is 65.6 Å². The molecular weight excluding hydrogens is 357 g/mol. The molecule has 1 aromatic rings. The smallest absolute Gasteiger partial charge is 0.336 e. The lowest BCUT2D eigenvalue weighted by molar-refractivity contribution is -0.142. The van der Waals surface area contributed by atoms with E-state index in [-0.39, 0.29) is 17.6 Å². The molecule has 0 aliphatic carbocycles. The number of alkyl halides is 3. The fraction of sp³-hybridized carbons (Fsp3) is 0.789. The van der Waals surface area contributed by atoms with Crippen LogP contribution in [-0.4, -0.2) is 58.2 Å². The molecule has 152 valence electrons. The monoisotopic (exact) mass is 386 g/mol. The molecule has 0 radical (unpaired) electrons. The zero-order valence-electron chi connectivity index (χ0n) is 16.3. The van der Waals surface area contributed by atoms with Crippen molar-refractivity contribution in [1.29, 1.82) is 0 Å². The number of amides is 1. The number of carbonyl (C=O) groups excluding carboxylic acids is 1. The van der Waals surface area contributed by atoms with E-state index in [4.69, 9.17) is 0 Å². The molecule has 2 saturated heterocycles. The van der Waals surface area contributed by atoms with E-state index in [1.54, 1.807) is 11.8 Å². The van der Waals surface area contributed by atoms with E-state index >= 15 is 0 Å². The molecule has 1 amide bonds. The number of nitrogens with zero attached hydrogens (tertiary/aromatic N) is 4. The molecule has 3 rings (SSSR count). The van der Waals surface area contributed by atoms with Gasteiger partial charge in [0.1, 0.15) is 0 Å². The van der Waals surface area contributed by atoms with Gasteiger partial charge < -0.3 is 9.80 Å². The summed E-state index contributed by atoms with van der Waals surface area (Å²) in [5, 5.41) is 3.92. The van der Waals surface area contributed by atoms with Crippen molar-refractivity contribution in [1.82, 2.24) is 19.6 Å². The molecule has 3 heterocycles. The Bertz CT molecular complexity index is 677. The zero-order valence-corrected chi connectivity index (χ0v) is 16.3. The summed E-state index contributed by atoms with van der Waals surface area (Å²) in [5.41, 5.74) is -0.923. The normalized spacial score (nSPS) is 23.0. The van der Waals surface area contributed by atoms with E-state index in [9.17, 15) is 18.0 Å². The molecular formula is C19H29F3N4O. The zero-order chi connectivity index (χ0) is 19.8. The first-order valence-corrected chi connectivity index (χ1v) is 9.89. The van der Waals surface area contributed by atoms with Gasteiger partial charge in [-0.1, -0.05) is 6.92 Å². The summed E-state index contributed by atoms with van der Waals surface area (Å²) in [4.78, 5) is 17.0. The predicted octanol–water partition coefficient (Wildman–Crippen LogP) is 3.88. The minimum absolute atomic E-state index is 0.0124. The average Bonchev–Trinajstić information content (AvgIpc) is 2.99. The van der Waals surface area contributed by atoms with Crippen LogP contribution >= 0.6 is 0 Å². The molecule has 0 aromatic carbocycles. The molecule has 2 fully saturated rings. The first kappa shape index (κ1) is 20.2. The molecule has 27 heavy (non-hydrogen) atoms. The van der Waals surface area contributed by atoms with Gasteiger partial charge in [0.05, 0.1) is 11.6 Å². The van der Waals surface area contributed by atoms with Gasteiger partial charge in [-0.15, -0.1) is 0 Å². The number of halogens is 3. The number of rotatable bonds is 3. The van der Waals surface area contributed by atoms with E-state index < -0.39 is 17.8 Å². The number of carbonyl (C=O) groups is 1. The van der Waals surface area contributed by atoms with Crippen LogP contribution in [0, 0.1) is 6.92 Å². The van der Waals surface area contributed by atoms with Gasteiger partial charge in [0, 0.05) is 18.3 Å². The van der Waals surface area contributed by atoms with Crippen LogP contribution in [0.3, 0.4) is 0 Å². The summed E-state index contributed by atoms with van der Waals surface area (Å²) in [6, 6.07) is -0.0782. The van der Waals surface area contributed by atoms with Crippen molar-refractivity contribution >= 4 is 5.91 Å². The van der Waals surface area contributed by atoms with Gasteiger partial charge >= 0.3 is 6.18 Å². The Labute approximate surface area is 158 Å². The molecule has 2 aliphatic rings. The van der Waals surface area contributed by atoms with Crippen LogP contribution in [0.2, 0.25) is 0 Å². The minimum atomic E-state index is -4.63. The molecule has 5 nitrogen and oxygen atoms in total. The van der Waals surface area contributed by atoms with Crippen LogP contribution in [0.1, 0.15) is 73.2 Å². The molecule has 1 aromatic heterocycles. The number of hydrogen-bond donors (Lipinski definition) is 0. The summed E-state index contributed by atoms with van der Waals surface area (Å²) < 4.78 is 42.6. The molecule has 0 N–H and O–H groups in total. The Hall–Kier alpha value is -1.57. The maximum absolute atomic E-state index is 13.7. The van der Waals surface area contributed by atoms with E-state index in [0.717, 1.165) is 51.6 Å².